The maximum absolute atomic E-state index is 14.0. The molecule has 0 saturated carbocycles. The number of halogens is 3. The van der Waals surface area contributed by atoms with Gasteiger partial charge < -0.3 is 15.6 Å². The molecule has 9 heteroatoms. The van der Waals surface area contributed by atoms with E-state index in [0.29, 0.717) is 40.9 Å². The van der Waals surface area contributed by atoms with Crippen LogP contribution in [0.25, 0.3) is 22.0 Å². The second kappa shape index (κ2) is 11.2. The van der Waals surface area contributed by atoms with Gasteiger partial charge in [0.25, 0.3) is 11.8 Å². The summed E-state index contributed by atoms with van der Waals surface area (Å²) in [5, 5.41) is 3.91. The molecule has 1 aliphatic heterocycles. The van der Waals surface area contributed by atoms with Gasteiger partial charge in [0.1, 0.15) is 5.82 Å². The molecule has 0 bridgehead atoms. The van der Waals surface area contributed by atoms with Crippen LogP contribution in [0.3, 0.4) is 0 Å². The molecule has 2 aromatic heterocycles. The number of nitrogens with zero attached hydrogens (tertiary/aromatic N) is 2. The van der Waals surface area contributed by atoms with Crippen molar-refractivity contribution in [2.24, 2.45) is 11.7 Å². The van der Waals surface area contributed by atoms with Crippen LogP contribution in [-0.4, -0.2) is 21.4 Å². The van der Waals surface area contributed by atoms with Gasteiger partial charge in [-0.05, 0) is 85.3 Å². The summed E-state index contributed by atoms with van der Waals surface area (Å²) in [4.78, 5) is 31.8. The van der Waals surface area contributed by atoms with E-state index < -0.39 is 23.1 Å². The fourth-order valence-corrected chi connectivity index (χ4v) is 6.44. The average Bonchev–Trinajstić information content (AvgIpc) is 3.51. The Morgan fingerprint density at radius 1 is 0.956 bits per heavy atom. The van der Waals surface area contributed by atoms with E-state index in [1.54, 1.807) is 18.2 Å². The maximum Gasteiger partial charge on any atom is 0.254 e. The molecule has 6 rings (SSSR count). The molecule has 5 aromatic rings. The molecule has 3 aromatic carbocycles. The number of hydrogen-bond donors (Lipinski definition) is 2. The second-order valence-corrected chi connectivity index (χ2v) is 12.4. The Hall–Kier alpha value is -4.92. The van der Waals surface area contributed by atoms with E-state index in [2.05, 4.69) is 5.32 Å². The zero-order chi connectivity index (χ0) is 32.2. The summed E-state index contributed by atoms with van der Waals surface area (Å²) in [6.45, 7) is 7.81. The lowest BCUT2D eigenvalue weighted by Crippen LogP contribution is -2.39. The fourth-order valence-electron chi connectivity index (χ4n) is 6.44. The van der Waals surface area contributed by atoms with Gasteiger partial charge in [-0.2, -0.15) is 0 Å². The number of fused-ring (bicyclic) bond motifs is 2. The first-order valence-corrected chi connectivity index (χ1v) is 14.9. The Morgan fingerprint density at radius 2 is 1.69 bits per heavy atom. The Balaban J connectivity index is 1.52. The number of primary amides is 1. The van der Waals surface area contributed by atoms with Crippen LogP contribution in [-0.2, 0) is 18.4 Å². The monoisotopic (exact) mass is 610 g/mol. The summed E-state index contributed by atoms with van der Waals surface area (Å²) in [6.07, 6.45) is 2.69. The van der Waals surface area contributed by atoms with Gasteiger partial charge in [-0.1, -0.05) is 38.1 Å². The van der Waals surface area contributed by atoms with Crippen LogP contribution in [0.2, 0.25) is 0 Å². The van der Waals surface area contributed by atoms with Crippen LogP contribution in [0.1, 0.15) is 77.0 Å². The van der Waals surface area contributed by atoms with Crippen LogP contribution in [0.5, 0.6) is 0 Å². The van der Waals surface area contributed by atoms with Gasteiger partial charge in [0.2, 0.25) is 0 Å². The molecule has 2 amide bonds. The molecule has 0 fully saturated rings. The Morgan fingerprint density at radius 3 is 2.36 bits per heavy atom. The number of aromatic nitrogens is 2. The molecule has 1 aliphatic rings. The van der Waals surface area contributed by atoms with Gasteiger partial charge in [-0.15, -0.1) is 0 Å². The van der Waals surface area contributed by atoms with Crippen molar-refractivity contribution in [3.8, 4) is 11.1 Å². The first-order valence-electron chi connectivity index (χ1n) is 14.9. The lowest BCUT2D eigenvalue weighted by molar-refractivity contribution is 0.0935. The van der Waals surface area contributed by atoms with E-state index in [1.807, 2.05) is 62.7 Å². The third-order valence-electron chi connectivity index (χ3n) is 8.58. The maximum atomic E-state index is 14.0. The van der Waals surface area contributed by atoms with Crippen LogP contribution in [0.15, 0.2) is 72.9 Å². The van der Waals surface area contributed by atoms with E-state index >= 15 is 0 Å². The fraction of sp³-hybridized carbons (Fsp3) is 0.250. The molecule has 0 unspecified atom stereocenters. The Kier molecular flexibility index (Phi) is 7.51. The lowest BCUT2D eigenvalue weighted by atomic mass is 9.84. The zero-order valence-corrected chi connectivity index (χ0v) is 25.4. The molecule has 2 atom stereocenters. The Bertz CT molecular complexity index is 1980. The summed E-state index contributed by atoms with van der Waals surface area (Å²) >= 11 is 0. The van der Waals surface area contributed by atoms with Gasteiger partial charge in [-0.3, -0.25) is 14.6 Å². The molecular weight excluding hydrogens is 577 g/mol. The van der Waals surface area contributed by atoms with Crippen molar-refractivity contribution in [3.05, 3.63) is 124 Å². The largest absolute Gasteiger partial charge is 0.366 e. The highest BCUT2D eigenvalue weighted by Gasteiger charge is 2.44. The first kappa shape index (κ1) is 30.1. The van der Waals surface area contributed by atoms with Crippen molar-refractivity contribution in [1.82, 2.24) is 14.9 Å². The number of hydrogen-bond acceptors (Lipinski definition) is 3. The average molecular weight is 611 g/mol. The summed E-state index contributed by atoms with van der Waals surface area (Å²) in [5.41, 5.74) is 9.90. The normalized spacial score (nSPS) is 16.7. The molecule has 230 valence electrons. The van der Waals surface area contributed by atoms with Crippen molar-refractivity contribution in [1.29, 1.82) is 0 Å². The highest BCUT2D eigenvalue weighted by Crippen LogP contribution is 2.42. The first-order chi connectivity index (χ1) is 21.4. The Labute approximate surface area is 259 Å². The van der Waals surface area contributed by atoms with Crippen molar-refractivity contribution < 1.29 is 22.8 Å². The number of pyridine rings is 1. The lowest BCUT2D eigenvalue weighted by Gasteiger charge is -2.26. The van der Waals surface area contributed by atoms with Crippen molar-refractivity contribution in [2.75, 3.05) is 0 Å². The molecular formula is C36H33F3N4O2. The summed E-state index contributed by atoms with van der Waals surface area (Å²) in [7, 11) is 0. The molecule has 0 aliphatic carbocycles. The molecule has 3 N–H and O–H groups in total. The van der Waals surface area contributed by atoms with E-state index in [1.165, 1.54) is 18.2 Å². The number of nitrogens with two attached hydrogens (primary N) is 1. The topological polar surface area (TPSA) is 90.0 Å². The van der Waals surface area contributed by atoms with Crippen LogP contribution in [0.4, 0.5) is 13.2 Å². The molecule has 0 radical (unpaired) electrons. The highest BCUT2D eigenvalue weighted by molar-refractivity contribution is 6.12. The van der Waals surface area contributed by atoms with Crippen molar-refractivity contribution >= 4 is 22.7 Å². The van der Waals surface area contributed by atoms with Gasteiger partial charge in [0, 0.05) is 29.1 Å². The minimum Gasteiger partial charge on any atom is -0.366 e. The summed E-state index contributed by atoms with van der Waals surface area (Å²) < 4.78 is 43.2. The molecule has 0 spiro atoms. The van der Waals surface area contributed by atoms with Crippen LogP contribution >= 0.6 is 0 Å². The van der Waals surface area contributed by atoms with Crippen LogP contribution in [0, 0.1) is 23.4 Å². The van der Waals surface area contributed by atoms with E-state index in [9.17, 15) is 22.8 Å². The third-order valence-corrected chi connectivity index (χ3v) is 8.58. The number of carbonyl (C=O) groups excluding carboxylic acids is 2. The zero-order valence-electron chi connectivity index (χ0n) is 25.4. The van der Waals surface area contributed by atoms with Gasteiger partial charge in [0.15, 0.2) is 11.6 Å². The quantitative estimate of drug-likeness (QED) is 0.194. The standard InChI is InChI=1S/C36H33F3N4O2/c1-19(2)15-28-31(34(40)44)30(32-33(41-28)36(4,42-35(32)45)18-21-5-9-25(37)10-6-21)24-8-12-29-23(16-24)13-14-43(29)20(3)22-7-11-26(38)27(39)17-22/h5-14,16-17,19-20H,15,18H2,1-4H3,(H2,40,44)(H,42,45)/t20-,36+/m0/s1. The highest BCUT2D eigenvalue weighted by atomic mass is 19.2. The summed E-state index contributed by atoms with van der Waals surface area (Å²) in [5.74, 6) is -3.08. The van der Waals surface area contributed by atoms with Crippen molar-refractivity contribution in [3.63, 3.8) is 0 Å². The number of carbonyl (C=O) groups is 2. The van der Waals surface area contributed by atoms with Crippen LogP contribution < -0.4 is 11.1 Å². The number of nitrogens with one attached hydrogen (secondary N) is 1. The van der Waals surface area contributed by atoms with Crippen molar-refractivity contribution in [2.45, 2.75) is 52.1 Å². The smallest absolute Gasteiger partial charge is 0.254 e. The molecule has 6 nitrogen and oxygen atoms in total. The molecule has 3 heterocycles. The van der Waals surface area contributed by atoms with E-state index in [0.717, 1.165) is 22.5 Å². The minimum atomic E-state index is -0.922. The minimum absolute atomic E-state index is 0.143. The van der Waals surface area contributed by atoms with Gasteiger partial charge in [0.05, 0.1) is 34.1 Å². The second-order valence-electron chi connectivity index (χ2n) is 12.4. The summed E-state index contributed by atoms with van der Waals surface area (Å²) in [6, 6.07) is 17.2. The molecule has 0 saturated heterocycles. The molecule has 45 heavy (non-hydrogen) atoms. The number of benzene rings is 3. The van der Waals surface area contributed by atoms with E-state index in [-0.39, 0.29) is 34.8 Å². The SMILES string of the molecule is CC(C)Cc1nc2c(c(-c3ccc4c(ccn4[C@@H](C)c4ccc(F)c(F)c4)c3)c1C(N)=O)C(=O)N[C@]2(C)Cc1ccc(F)cc1. The third kappa shape index (κ3) is 5.36. The number of rotatable bonds is 8. The number of amides is 2. The van der Waals surface area contributed by atoms with Gasteiger partial charge >= 0.3 is 0 Å². The predicted octanol–water partition coefficient (Wildman–Crippen LogP) is 7.23. The van der Waals surface area contributed by atoms with Gasteiger partial charge in [-0.25, -0.2) is 13.2 Å². The predicted molar refractivity (Wildman–Crippen MR) is 167 cm³/mol. The van der Waals surface area contributed by atoms with E-state index in [4.69, 9.17) is 10.7 Å².